The highest BCUT2D eigenvalue weighted by Crippen LogP contribution is 2.25. The van der Waals surface area contributed by atoms with E-state index in [1.54, 1.807) is 12.1 Å². The fourth-order valence-electron chi connectivity index (χ4n) is 2.55. The lowest BCUT2D eigenvalue weighted by Crippen LogP contribution is -2.38. The second-order valence-corrected chi connectivity index (χ2v) is 5.75. The van der Waals surface area contributed by atoms with E-state index in [1.165, 1.54) is 0 Å². The zero-order valence-electron chi connectivity index (χ0n) is 11.4. The molecule has 0 radical (unpaired) electrons. The molecule has 0 aliphatic heterocycles. The maximum Gasteiger partial charge on any atom is 0.306 e. The predicted molar refractivity (Wildman–Crippen MR) is 77.0 cm³/mol. The van der Waals surface area contributed by atoms with Gasteiger partial charge in [-0.3, -0.25) is 9.59 Å². The Morgan fingerprint density at radius 1 is 1.25 bits per heavy atom. The average molecular weight is 296 g/mol. The Kier molecular flexibility index (Phi) is 4.65. The molecule has 0 spiro atoms. The number of rotatable bonds is 3. The summed E-state index contributed by atoms with van der Waals surface area (Å²) >= 11 is 6.07. The van der Waals surface area contributed by atoms with E-state index in [0.29, 0.717) is 36.3 Å². The lowest BCUT2D eigenvalue weighted by Gasteiger charge is -2.26. The van der Waals surface area contributed by atoms with E-state index in [1.807, 2.05) is 13.0 Å². The first-order chi connectivity index (χ1) is 9.47. The Morgan fingerprint density at radius 3 is 2.45 bits per heavy atom. The number of aryl methyl sites for hydroxylation is 1. The lowest BCUT2D eigenvalue weighted by molar-refractivity contribution is -0.142. The Bertz CT molecular complexity index is 522. The maximum atomic E-state index is 12.1. The molecule has 1 aliphatic carbocycles. The van der Waals surface area contributed by atoms with Gasteiger partial charge in [0.25, 0.3) is 5.91 Å². The van der Waals surface area contributed by atoms with Crippen molar-refractivity contribution >= 4 is 23.5 Å². The van der Waals surface area contributed by atoms with Crippen LogP contribution in [0, 0.1) is 12.8 Å². The normalized spacial score (nSPS) is 22.3. The van der Waals surface area contributed by atoms with Crippen LogP contribution in [0.1, 0.15) is 41.6 Å². The molecule has 1 saturated carbocycles. The summed E-state index contributed by atoms with van der Waals surface area (Å²) < 4.78 is 0. The van der Waals surface area contributed by atoms with Crippen LogP contribution in [-0.4, -0.2) is 23.0 Å². The molecule has 0 aromatic heterocycles. The smallest absolute Gasteiger partial charge is 0.306 e. The second-order valence-electron chi connectivity index (χ2n) is 5.34. The average Bonchev–Trinajstić information content (AvgIpc) is 2.39. The van der Waals surface area contributed by atoms with Crippen LogP contribution in [0.4, 0.5) is 0 Å². The molecule has 1 fully saturated rings. The Labute approximate surface area is 123 Å². The van der Waals surface area contributed by atoms with Crippen LogP contribution in [0.25, 0.3) is 0 Å². The standard InChI is InChI=1S/C15H18ClNO3/c1-9-2-7-12(13(16)8-9)14(18)17-11-5-3-10(4-6-11)15(19)20/h2,7-8,10-11H,3-6H2,1H3,(H,17,18)(H,19,20). The van der Waals surface area contributed by atoms with E-state index >= 15 is 0 Å². The van der Waals surface area contributed by atoms with Crippen molar-refractivity contribution in [3.05, 3.63) is 34.3 Å². The molecule has 20 heavy (non-hydrogen) atoms. The number of carboxylic acids is 1. The van der Waals surface area contributed by atoms with Crippen molar-refractivity contribution in [1.82, 2.24) is 5.32 Å². The number of hydrogen-bond acceptors (Lipinski definition) is 2. The fourth-order valence-corrected chi connectivity index (χ4v) is 2.87. The molecule has 0 atom stereocenters. The molecule has 1 aromatic rings. The molecule has 1 amide bonds. The van der Waals surface area contributed by atoms with Gasteiger partial charge in [0.05, 0.1) is 16.5 Å². The van der Waals surface area contributed by atoms with Gasteiger partial charge in [-0.1, -0.05) is 17.7 Å². The van der Waals surface area contributed by atoms with E-state index in [0.717, 1.165) is 5.56 Å². The number of carboxylic acid groups (broad SMARTS) is 1. The van der Waals surface area contributed by atoms with Crippen molar-refractivity contribution in [3.63, 3.8) is 0 Å². The molecule has 0 unspecified atom stereocenters. The van der Waals surface area contributed by atoms with Gasteiger partial charge in [0, 0.05) is 6.04 Å². The fraction of sp³-hybridized carbons (Fsp3) is 0.467. The van der Waals surface area contributed by atoms with E-state index in [9.17, 15) is 9.59 Å². The summed E-state index contributed by atoms with van der Waals surface area (Å²) in [7, 11) is 0. The summed E-state index contributed by atoms with van der Waals surface area (Å²) in [5.41, 5.74) is 1.48. The minimum atomic E-state index is -0.739. The van der Waals surface area contributed by atoms with Gasteiger partial charge in [0.15, 0.2) is 0 Å². The molecule has 108 valence electrons. The third-order valence-corrected chi connectivity index (χ3v) is 4.09. The summed E-state index contributed by atoms with van der Waals surface area (Å²) in [5.74, 6) is -1.20. The van der Waals surface area contributed by atoms with Crippen molar-refractivity contribution in [2.24, 2.45) is 5.92 Å². The largest absolute Gasteiger partial charge is 0.481 e. The van der Waals surface area contributed by atoms with Crippen LogP contribution >= 0.6 is 11.6 Å². The summed E-state index contributed by atoms with van der Waals surface area (Å²) in [5, 5.41) is 12.3. The summed E-state index contributed by atoms with van der Waals surface area (Å²) in [6.07, 6.45) is 2.63. The van der Waals surface area contributed by atoms with Crippen molar-refractivity contribution in [1.29, 1.82) is 0 Å². The van der Waals surface area contributed by atoms with E-state index in [2.05, 4.69) is 5.32 Å². The van der Waals surface area contributed by atoms with Gasteiger partial charge in [-0.2, -0.15) is 0 Å². The number of hydrogen-bond donors (Lipinski definition) is 2. The van der Waals surface area contributed by atoms with Crippen molar-refractivity contribution < 1.29 is 14.7 Å². The number of amides is 1. The summed E-state index contributed by atoms with van der Waals surface area (Å²) in [4.78, 5) is 23.0. The molecule has 0 saturated heterocycles. The van der Waals surface area contributed by atoms with Crippen molar-refractivity contribution in [3.8, 4) is 0 Å². The monoisotopic (exact) mass is 295 g/mol. The number of carbonyl (C=O) groups is 2. The first-order valence-electron chi connectivity index (χ1n) is 6.77. The van der Waals surface area contributed by atoms with E-state index < -0.39 is 5.97 Å². The van der Waals surface area contributed by atoms with Crippen LogP contribution in [0.15, 0.2) is 18.2 Å². The SMILES string of the molecule is Cc1ccc(C(=O)NC2CCC(C(=O)O)CC2)c(Cl)c1. The molecule has 1 aromatic carbocycles. The van der Waals surface area contributed by atoms with Crippen LogP contribution in [0.5, 0.6) is 0 Å². The van der Waals surface area contributed by atoms with Gasteiger partial charge in [-0.25, -0.2) is 0 Å². The Hall–Kier alpha value is -1.55. The van der Waals surface area contributed by atoms with Gasteiger partial charge in [0.1, 0.15) is 0 Å². The number of halogens is 1. The number of nitrogens with one attached hydrogen (secondary N) is 1. The number of benzene rings is 1. The molecule has 1 aliphatic rings. The second kappa shape index (κ2) is 6.27. The highest BCUT2D eigenvalue weighted by Gasteiger charge is 2.27. The lowest BCUT2D eigenvalue weighted by atomic mass is 9.86. The molecule has 0 heterocycles. The first kappa shape index (κ1) is 14.9. The zero-order valence-corrected chi connectivity index (χ0v) is 12.1. The van der Waals surface area contributed by atoms with E-state index in [-0.39, 0.29) is 17.9 Å². The Morgan fingerprint density at radius 2 is 1.90 bits per heavy atom. The van der Waals surface area contributed by atoms with Crippen LogP contribution < -0.4 is 5.32 Å². The molecular weight excluding hydrogens is 278 g/mol. The highest BCUT2D eigenvalue weighted by atomic mass is 35.5. The van der Waals surface area contributed by atoms with Crippen LogP contribution in [0.3, 0.4) is 0 Å². The third-order valence-electron chi connectivity index (χ3n) is 3.78. The minimum absolute atomic E-state index is 0.0375. The molecule has 2 N–H and O–H groups in total. The minimum Gasteiger partial charge on any atom is -0.481 e. The van der Waals surface area contributed by atoms with Gasteiger partial charge in [-0.15, -0.1) is 0 Å². The predicted octanol–water partition coefficient (Wildman–Crippen LogP) is 3.02. The van der Waals surface area contributed by atoms with Gasteiger partial charge in [-0.05, 0) is 50.3 Å². The Balaban J connectivity index is 1.94. The maximum absolute atomic E-state index is 12.1. The third kappa shape index (κ3) is 3.51. The molecule has 2 rings (SSSR count). The number of carbonyl (C=O) groups excluding carboxylic acids is 1. The zero-order chi connectivity index (χ0) is 14.7. The molecule has 0 bridgehead atoms. The summed E-state index contributed by atoms with van der Waals surface area (Å²) in [6, 6.07) is 5.37. The van der Waals surface area contributed by atoms with Gasteiger partial charge >= 0.3 is 5.97 Å². The quantitative estimate of drug-likeness (QED) is 0.901. The van der Waals surface area contributed by atoms with Crippen molar-refractivity contribution in [2.75, 3.05) is 0 Å². The molecular formula is C15H18ClNO3. The van der Waals surface area contributed by atoms with Crippen LogP contribution in [-0.2, 0) is 4.79 Å². The summed E-state index contributed by atoms with van der Waals surface area (Å²) in [6.45, 7) is 1.92. The first-order valence-corrected chi connectivity index (χ1v) is 7.15. The molecule has 5 heteroatoms. The molecule has 4 nitrogen and oxygen atoms in total. The van der Waals surface area contributed by atoms with Crippen LogP contribution in [0.2, 0.25) is 5.02 Å². The van der Waals surface area contributed by atoms with Crippen molar-refractivity contribution in [2.45, 2.75) is 38.6 Å². The van der Waals surface area contributed by atoms with Gasteiger partial charge < -0.3 is 10.4 Å². The highest BCUT2D eigenvalue weighted by molar-refractivity contribution is 6.33. The number of aliphatic carboxylic acids is 1. The van der Waals surface area contributed by atoms with E-state index in [4.69, 9.17) is 16.7 Å². The topological polar surface area (TPSA) is 66.4 Å². The van der Waals surface area contributed by atoms with Gasteiger partial charge in [0.2, 0.25) is 0 Å².